The largest absolute Gasteiger partial charge is 0.310 e. The number of benzene rings is 10. The molecule has 13 rings (SSSR count). The van der Waals surface area contributed by atoms with Crippen molar-refractivity contribution in [2.45, 2.75) is 24.7 Å². The van der Waals surface area contributed by atoms with Crippen LogP contribution in [0.4, 0.5) is 17.1 Å². The van der Waals surface area contributed by atoms with Gasteiger partial charge in [-0.15, -0.1) is 0 Å². The van der Waals surface area contributed by atoms with E-state index in [2.05, 4.69) is 266 Å². The van der Waals surface area contributed by atoms with Gasteiger partial charge in [0.25, 0.3) is 0 Å². The molecule has 11 aromatic rings. The third-order valence-electron chi connectivity index (χ3n) is 14.6. The first-order valence-corrected chi connectivity index (χ1v) is 23.1. The van der Waals surface area contributed by atoms with Crippen LogP contribution in [0, 0.1) is 0 Å². The average Bonchev–Trinajstić information content (AvgIpc) is 3.95. The maximum absolute atomic E-state index is 2.47. The highest BCUT2D eigenvalue weighted by atomic mass is 15.1. The summed E-state index contributed by atoms with van der Waals surface area (Å²) in [6, 6.07) is 89.9. The van der Waals surface area contributed by atoms with Crippen LogP contribution in [0.3, 0.4) is 0 Å². The lowest BCUT2D eigenvalue weighted by atomic mass is 9.67. The zero-order chi connectivity index (χ0) is 44.0. The molecule has 0 saturated heterocycles. The van der Waals surface area contributed by atoms with Crippen molar-refractivity contribution in [3.8, 4) is 39.1 Å². The molecule has 0 bridgehead atoms. The van der Waals surface area contributed by atoms with Gasteiger partial charge in [-0.25, -0.2) is 0 Å². The highest BCUT2D eigenvalue weighted by Gasteiger charge is 2.46. The Labute approximate surface area is 386 Å². The lowest BCUT2D eigenvalue weighted by Crippen LogP contribution is -2.28. The van der Waals surface area contributed by atoms with Crippen LogP contribution in [0.1, 0.15) is 47.2 Å². The Balaban J connectivity index is 0.979. The second-order valence-corrected chi connectivity index (χ2v) is 18.4. The van der Waals surface area contributed by atoms with Crippen LogP contribution >= 0.6 is 0 Å². The minimum atomic E-state index is -0.487. The first-order chi connectivity index (χ1) is 32.5. The van der Waals surface area contributed by atoms with E-state index in [1.54, 1.807) is 0 Å². The molecule has 0 radical (unpaired) electrons. The molecule has 0 aliphatic heterocycles. The summed E-state index contributed by atoms with van der Waals surface area (Å²) in [6.45, 7) is 4.80. The monoisotopic (exact) mass is 842 g/mol. The lowest BCUT2D eigenvalue weighted by Gasteiger charge is -2.34. The van der Waals surface area contributed by atoms with Gasteiger partial charge in [0.05, 0.1) is 22.1 Å². The number of para-hydroxylation sites is 4. The van der Waals surface area contributed by atoms with E-state index in [0.29, 0.717) is 0 Å². The predicted molar refractivity (Wildman–Crippen MR) is 276 cm³/mol. The first kappa shape index (κ1) is 38.3. The normalized spacial score (nSPS) is 13.8. The summed E-state index contributed by atoms with van der Waals surface area (Å²) in [6.07, 6.45) is 0. The molecule has 2 heteroatoms. The SMILES string of the molecule is CC1(C)c2cc(N(c3ccccc3)c3ccccc3-c3cccc(C4(c5ccccc5)c5ccccc5-c5ccccc54)c3)ccc2-c2cc3c4ccccc4n(-c4ccccc4)c3cc21. The Kier molecular flexibility index (Phi) is 8.51. The number of anilines is 3. The van der Waals surface area contributed by atoms with Gasteiger partial charge in [0.1, 0.15) is 0 Å². The number of aromatic nitrogens is 1. The van der Waals surface area contributed by atoms with Crippen molar-refractivity contribution < 1.29 is 0 Å². The second-order valence-electron chi connectivity index (χ2n) is 18.4. The number of hydrogen-bond donors (Lipinski definition) is 0. The summed E-state index contributed by atoms with van der Waals surface area (Å²) in [5.41, 5.74) is 21.7. The predicted octanol–water partition coefficient (Wildman–Crippen LogP) is 16.6. The third kappa shape index (κ3) is 5.48. The average molecular weight is 843 g/mol. The fourth-order valence-electron chi connectivity index (χ4n) is 11.7. The van der Waals surface area contributed by atoms with Crippen LogP contribution in [0.5, 0.6) is 0 Å². The standard InChI is InChI=1S/C64H46N2/c1-63(2)58-40-48(37-38-52(58)54-41-55-53-32-15-19-36-61(53)66(62(55)42-59(54)63)47-27-10-5-11-28-47)65(46-25-8-4-9-26-46)60-35-18-14-29-49(60)43-21-20-24-45(39-43)64(44-22-6-3-7-23-44)56-33-16-12-30-50(56)51-31-13-17-34-57(51)64/h3-42H,1-2H3. The molecule has 0 atom stereocenters. The summed E-state index contributed by atoms with van der Waals surface area (Å²) in [4.78, 5) is 2.46. The molecule has 0 spiro atoms. The first-order valence-electron chi connectivity index (χ1n) is 23.1. The maximum atomic E-state index is 2.47. The number of nitrogens with zero attached hydrogens (tertiary/aromatic N) is 2. The lowest BCUT2D eigenvalue weighted by molar-refractivity contribution is 0.661. The Morgan fingerprint density at radius 1 is 0.348 bits per heavy atom. The van der Waals surface area contributed by atoms with Gasteiger partial charge in [-0.2, -0.15) is 0 Å². The van der Waals surface area contributed by atoms with Gasteiger partial charge >= 0.3 is 0 Å². The van der Waals surface area contributed by atoms with Crippen LogP contribution in [0.25, 0.3) is 60.9 Å². The Bertz CT molecular complexity index is 3630. The maximum Gasteiger partial charge on any atom is 0.0713 e. The molecule has 2 aliphatic carbocycles. The van der Waals surface area contributed by atoms with Crippen molar-refractivity contribution in [3.05, 3.63) is 276 Å². The van der Waals surface area contributed by atoms with Crippen molar-refractivity contribution in [3.63, 3.8) is 0 Å². The molecule has 1 heterocycles. The molecule has 0 fully saturated rings. The molecule has 2 nitrogen and oxygen atoms in total. The summed E-state index contributed by atoms with van der Waals surface area (Å²) in [7, 11) is 0. The molecule has 1 aromatic heterocycles. The van der Waals surface area contributed by atoms with Crippen molar-refractivity contribution in [2.24, 2.45) is 0 Å². The Hall–Kier alpha value is -8.20. The van der Waals surface area contributed by atoms with E-state index in [1.807, 2.05) is 0 Å². The van der Waals surface area contributed by atoms with Crippen molar-refractivity contribution >= 4 is 38.9 Å². The quantitative estimate of drug-likeness (QED) is 0.155. The van der Waals surface area contributed by atoms with Crippen molar-refractivity contribution in [1.29, 1.82) is 0 Å². The van der Waals surface area contributed by atoms with Crippen LogP contribution in [0.2, 0.25) is 0 Å². The van der Waals surface area contributed by atoms with Crippen LogP contribution < -0.4 is 4.90 Å². The topological polar surface area (TPSA) is 8.17 Å². The zero-order valence-electron chi connectivity index (χ0n) is 37.0. The highest BCUT2D eigenvalue weighted by molar-refractivity contribution is 6.12. The summed E-state index contributed by atoms with van der Waals surface area (Å²) in [5.74, 6) is 0. The van der Waals surface area contributed by atoms with Gasteiger partial charge in [0.15, 0.2) is 0 Å². The van der Waals surface area contributed by atoms with E-state index >= 15 is 0 Å². The van der Waals surface area contributed by atoms with E-state index < -0.39 is 5.41 Å². The van der Waals surface area contributed by atoms with Crippen molar-refractivity contribution in [1.82, 2.24) is 4.57 Å². The van der Waals surface area contributed by atoms with Crippen LogP contribution in [0.15, 0.2) is 243 Å². The van der Waals surface area contributed by atoms with Gasteiger partial charge in [0.2, 0.25) is 0 Å². The number of hydrogen-bond acceptors (Lipinski definition) is 1. The number of rotatable bonds is 7. The van der Waals surface area contributed by atoms with Gasteiger partial charge < -0.3 is 9.47 Å². The molecule has 66 heavy (non-hydrogen) atoms. The number of fused-ring (bicyclic) bond motifs is 9. The van der Waals surface area contributed by atoms with Gasteiger partial charge in [-0.05, 0) is 128 Å². The molecule has 0 amide bonds. The Morgan fingerprint density at radius 3 is 1.67 bits per heavy atom. The minimum Gasteiger partial charge on any atom is -0.310 e. The summed E-state index contributed by atoms with van der Waals surface area (Å²) >= 11 is 0. The van der Waals surface area contributed by atoms with Crippen LogP contribution in [-0.2, 0) is 10.8 Å². The molecular formula is C64H46N2. The molecule has 0 saturated carbocycles. The van der Waals surface area contributed by atoms with E-state index in [4.69, 9.17) is 0 Å². The second kappa shape index (κ2) is 14.7. The van der Waals surface area contributed by atoms with Gasteiger partial charge in [-0.3, -0.25) is 0 Å². The van der Waals surface area contributed by atoms with Gasteiger partial charge in [0, 0.05) is 38.8 Å². The smallest absolute Gasteiger partial charge is 0.0713 e. The third-order valence-corrected chi connectivity index (χ3v) is 14.6. The molecule has 0 N–H and O–H groups in total. The van der Waals surface area contributed by atoms with Crippen LogP contribution in [-0.4, -0.2) is 4.57 Å². The van der Waals surface area contributed by atoms with E-state index in [0.717, 1.165) is 17.1 Å². The summed E-state index contributed by atoms with van der Waals surface area (Å²) < 4.78 is 2.43. The highest BCUT2D eigenvalue weighted by Crippen LogP contribution is 2.57. The van der Waals surface area contributed by atoms with E-state index in [9.17, 15) is 0 Å². The molecule has 312 valence electrons. The molecule has 10 aromatic carbocycles. The fraction of sp³-hybridized carbons (Fsp3) is 0.0625. The molecule has 2 aliphatic rings. The summed E-state index contributed by atoms with van der Waals surface area (Å²) in [5, 5.41) is 2.55. The molecular weight excluding hydrogens is 797 g/mol. The van der Waals surface area contributed by atoms with Gasteiger partial charge in [-0.1, -0.05) is 190 Å². The molecule has 0 unspecified atom stereocenters. The van der Waals surface area contributed by atoms with E-state index in [-0.39, 0.29) is 5.41 Å². The fourth-order valence-corrected chi connectivity index (χ4v) is 11.7. The van der Waals surface area contributed by atoms with Crippen molar-refractivity contribution in [2.75, 3.05) is 4.90 Å². The zero-order valence-corrected chi connectivity index (χ0v) is 37.0. The van der Waals surface area contributed by atoms with E-state index in [1.165, 1.54) is 94.3 Å². The minimum absolute atomic E-state index is 0.247. The Morgan fingerprint density at radius 2 is 0.924 bits per heavy atom.